The van der Waals surface area contributed by atoms with Gasteiger partial charge >= 0.3 is 12.0 Å². The van der Waals surface area contributed by atoms with Gasteiger partial charge in [-0.25, -0.2) is 9.59 Å². The second-order valence-corrected chi connectivity index (χ2v) is 7.68. The second-order valence-electron chi connectivity index (χ2n) is 6.87. The highest BCUT2D eigenvalue weighted by Gasteiger charge is 2.35. The normalized spacial score (nSPS) is 15.7. The van der Waals surface area contributed by atoms with Gasteiger partial charge < -0.3 is 24.8 Å². The number of rotatable bonds is 8. The number of benzene rings is 2. The standard InChI is InChI=1S/C23H24Cl2N2O5/c1-4-17-19(22(28)31-5-2)20(27-23(29)26-17)13-8-6-11-18(30-3)21(13)32-12-14-15(24)9-7-10-16(14)25/h6-11,20H,4-5,12H2,1-3H3,(H2,26,27,29). The first kappa shape index (κ1) is 23.8. The van der Waals surface area contributed by atoms with Crippen molar-refractivity contribution in [1.82, 2.24) is 10.6 Å². The maximum Gasteiger partial charge on any atom is 0.338 e. The molecule has 32 heavy (non-hydrogen) atoms. The van der Waals surface area contributed by atoms with Crippen LogP contribution in [0.3, 0.4) is 0 Å². The topological polar surface area (TPSA) is 85.9 Å². The number of nitrogens with one attached hydrogen (secondary N) is 2. The number of urea groups is 1. The molecule has 2 amide bonds. The highest BCUT2D eigenvalue weighted by Crippen LogP contribution is 2.40. The Balaban J connectivity index is 2.08. The van der Waals surface area contributed by atoms with Crippen LogP contribution in [0, 0.1) is 0 Å². The molecule has 1 atom stereocenters. The number of halogens is 2. The Morgan fingerprint density at radius 1 is 1.09 bits per heavy atom. The Hall–Kier alpha value is -2.90. The molecule has 3 rings (SSSR count). The highest BCUT2D eigenvalue weighted by molar-refractivity contribution is 6.35. The summed E-state index contributed by atoms with van der Waals surface area (Å²) in [5.74, 6) is 0.264. The van der Waals surface area contributed by atoms with E-state index in [2.05, 4.69) is 10.6 Å². The molecule has 2 N–H and O–H groups in total. The molecule has 9 heteroatoms. The number of para-hydroxylation sites is 1. The van der Waals surface area contributed by atoms with Gasteiger partial charge in [0.1, 0.15) is 6.61 Å². The molecule has 2 aromatic rings. The number of amides is 2. The molecule has 0 saturated carbocycles. The molecule has 0 bridgehead atoms. The fraction of sp³-hybridized carbons (Fsp3) is 0.304. The summed E-state index contributed by atoms with van der Waals surface area (Å²) in [5, 5.41) is 6.43. The zero-order valence-corrected chi connectivity index (χ0v) is 19.5. The minimum absolute atomic E-state index is 0.0594. The minimum atomic E-state index is -0.801. The summed E-state index contributed by atoms with van der Waals surface area (Å²) < 4.78 is 16.9. The molecule has 0 aromatic heterocycles. The Kier molecular flexibility index (Phi) is 7.88. The van der Waals surface area contributed by atoms with Crippen molar-refractivity contribution >= 4 is 35.2 Å². The number of hydrogen-bond donors (Lipinski definition) is 2. The lowest BCUT2D eigenvalue weighted by Gasteiger charge is -2.30. The van der Waals surface area contributed by atoms with E-state index in [4.69, 9.17) is 37.4 Å². The molecule has 1 heterocycles. The number of esters is 1. The summed E-state index contributed by atoms with van der Waals surface area (Å²) in [6.45, 7) is 3.83. The summed E-state index contributed by atoms with van der Waals surface area (Å²) in [4.78, 5) is 25.2. The number of ether oxygens (including phenoxy) is 3. The van der Waals surface area contributed by atoms with Crippen molar-refractivity contribution in [3.63, 3.8) is 0 Å². The van der Waals surface area contributed by atoms with E-state index in [-0.39, 0.29) is 13.2 Å². The summed E-state index contributed by atoms with van der Waals surface area (Å²) >= 11 is 12.6. The zero-order valence-electron chi connectivity index (χ0n) is 18.0. The fourth-order valence-electron chi connectivity index (χ4n) is 3.47. The van der Waals surface area contributed by atoms with Gasteiger partial charge in [0.15, 0.2) is 11.5 Å². The molecule has 0 radical (unpaired) electrons. The second kappa shape index (κ2) is 10.6. The molecule has 0 saturated heterocycles. The average Bonchev–Trinajstić information content (AvgIpc) is 2.78. The van der Waals surface area contributed by atoms with Gasteiger partial charge in [-0.15, -0.1) is 0 Å². The van der Waals surface area contributed by atoms with E-state index in [1.807, 2.05) is 6.92 Å². The van der Waals surface area contributed by atoms with Gasteiger partial charge in [0.25, 0.3) is 0 Å². The molecule has 0 spiro atoms. The van der Waals surface area contributed by atoms with Crippen LogP contribution in [-0.4, -0.2) is 25.7 Å². The Morgan fingerprint density at radius 2 is 1.78 bits per heavy atom. The van der Waals surface area contributed by atoms with Crippen molar-refractivity contribution in [2.75, 3.05) is 13.7 Å². The van der Waals surface area contributed by atoms with Crippen LogP contribution in [0.1, 0.15) is 37.4 Å². The molecule has 7 nitrogen and oxygen atoms in total. The van der Waals surface area contributed by atoms with Crippen molar-refractivity contribution in [3.8, 4) is 11.5 Å². The highest BCUT2D eigenvalue weighted by atomic mass is 35.5. The average molecular weight is 479 g/mol. The lowest BCUT2D eigenvalue weighted by molar-refractivity contribution is -0.139. The summed E-state index contributed by atoms with van der Waals surface area (Å²) in [5.41, 5.74) is 1.94. The van der Waals surface area contributed by atoms with Crippen molar-refractivity contribution in [2.24, 2.45) is 0 Å². The first-order chi connectivity index (χ1) is 15.4. The third-order valence-electron chi connectivity index (χ3n) is 4.97. The maximum atomic E-state index is 12.8. The van der Waals surface area contributed by atoms with Crippen LogP contribution in [0.15, 0.2) is 47.7 Å². The maximum absolute atomic E-state index is 12.8. The number of carbonyl (C=O) groups is 2. The van der Waals surface area contributed by atoms with Crippen molar-refractivity contribution in [3.05, 3.63) is 68.8 Å². The molecule has 0 aliphatic carbocycles. The number of allylic oxidation sites excluding steroid dienone is 1. The van der Waals surface area contributed by atoms with E-state index >= 15 is 0 Å². The van der Waals surface area contributed by atoms with Crippen molar-refractivity contribution in [1.29, 1.82) is 0 Å². The van der Waals surface area contributed by atoms with Crippen LogP contribution in [0.2, 0.25) is 10.0 Å². The molecule has 1 aliphatic heterocycles. The number of methoxy groups -OCH3 is 1. The first-order valence-corrected chi connectivity index (χ1v) is 10.9. The smallest absolute Gasteiger partial charge is 0.338 e. The van der Waals surface area contributed by atoms with Crippen LogP contribution in [0.4, 0.5) is 4.79 Å². The zero-order chi connectivity index (χ0) is 23.3. The van der Waals surface area contributed by atoms with Gasteiger partial charge in [-0.2, -0.15) is 0 Å². The van der Waals surface area contributed by atoms with Crippen LogP contribution >= 0.6 is 23.2 Å². The molecular formula is C23H24Cl2N2O5. The Bertz CT molecular complexity index is 1030. The quantitative estimate of drug-likeness (QED) is 0.511. The molecule has 1 aliphatic rings. The van der Waals surface area contributed by atoms with Gasteiger partial charge in [0, 0.05) is 26.9 Å². The Morgan fingerprint density at radius 3 is 2.41 bits per heavy atom. The van der Waals surface area contributed by atoms with E-state index < -0.39 is 18.0 Å². The third-order valence-corrected chi connectivity index (χ3v) is 5.67. The molecule has 0 fully saturated rings. The van der Waals surface area contributed by atoms with Crippen molar-refractivity contribution < 1.29 is 23.8 Å². The molecular weight excluding hydrogens is 455 g/mol. The molecule has 170 valence electrons. The predicted molar refractivity (Wildman–Crippen MR) is 122 cm³/mol. The van der Waals surface area contributed by atoms with E-state index in [9.17, 15) is 9.59 Å². The van der Waals surface area contributed by atoms with Gasteiger partial charge in [-0.05, 0) is 31.5 Å². The lowest BCUT2D eigenvalue weighted by Crippen LogP contribution is -2.46. The summed E-state index contributed by atoms with van der Waals surface area (Å²) in [6.07, 6.45) is 0.438. The van der Waals surface area contributed by atoms with Crippen LogP contribution < -0.4 is 20.1 Å². The first-order valence-electron chi connectivity index (χ1n) is 10.1. The Labute approximate surface area is 196 Å². The van der Waals surface area contributed by atoms with Crippen LogP contribution in [0.25, 0.3) is 0 Å². The molecule has 1 unspecified atom stereocenters. The van der Waals surface area contributed by atoms with Gasteiger partial charge in [-0.1, -0.05) is 48.3 Å². The van der Waals surface area contributed by atoms with E-state index in [0.717, 1.165) is 0 Å². The summed E-state index contributed by atoms with van der Waals surface area (Å²) in [6, 6.07) is 9.20. The summed E-state index contributed by atoms with van der Waals surface area (Å²) in [7, 11) is 1.51. The van der Waals surface area contributed by atoms with E-state index in [1.165, 1.54) is 7.11 Å². The van der Waals surface area contributed by atoms with Gasteiger partial charge in [0.05, 0.1) is 25.3 Å². The monoisotopic (exact) mass is 478 g/mol. The lowest BCUT2D eigenvalue weighted by atomic mass is 9.93. The minimum Gasteiger partial charge on any atom is -0.493 e. The predicted octanol–water partition coefficient (Wildman–Crippen LogP) is 5.16. The fourth-order valence-corrected chi connectivity index (χ4v) is 3.98. The van der Waals surface area contributed by atoms with E-state index in [1.54, 1.807) is 43.3 Å². The third kappa shape index (κ3) is 4.95. The van der Waals surface area contributed by atoms with Crippen LogP contribution in [-0.2, 0) is 16.1 Å². The SMILES string of the molecule is CCOC(=O)C1=C(CC)NC(=O)NC1c1cccc(OC)c1OCc1c(Cl)cccc1Cl. The molecule has 2 aromatic carbocycles. The largest absolute Gasteiger partial charge is 0.493 e. The van der Waals surface area contributed by atoms with Gasteiger partial charge in [-0.3, -0.25) is 0 Å². The van der Waals surface area contributed by atoms with Gasteiger partial charge in [0.2, 0.25) is 0 Å². The van der Waals surface area contributed by atoms with Crippen LogP contribution in [0.5, 0.6) is 11.5 Å². The van der Waals surface area contributed by atoms with Crippen molar-refractivity contribution in [2.45, 2.75) is 32.9 Å². The number of carbonyl (C=O) groups excluding carboxylic acids is 2. The van der Waals surface area contributed by atoms with E-state index in [0.29, 0.717) is 50.4 Å². The number of hydrogen-bond acceptors (Lipinski definition) is 5.